The second kappa shape index (κ2) is 4.47. The Bertz CT molecular complexity index is 806. The van der Waals surface area contributed by atoms with Crippen LogP contribution >= 0.6 is 0 Å². The Morgan fingerprint density at radius 1 is 1.23 bits per heavy atom. The van der Waals surface area contributed by atoms with Crippen LogP contribution in [-0.4, -0.2) is 32.0 Å². The van der Waals surface area contributed by atoms with Crippen molar-refractivity contribution < 1.29 is 20.1 Å². The standard InChI is InChI=1S/C16H17NO5/c18-9-7-11(19)17-13-8(9)3-4-10-12(13)14(20)15(21)16(22-10)5-1-2-6-16/h3-4,7,14-15,20-21H,1-2,5-6H2,(H2,17,18,19)/t14-,15-/m1/s1. The van der Waals surface area contributed by atoms with Crippen LogP contribution < -0.4 is 10.3 Å². The van der Waals surface area contributed by atoms with Gasteiger partial charge in [-0.3, -0.25) is 4.79 Å². The smallest absolute Gasteiger partial charge is 0.252 e. The number of fused-ring (bicyclic) bond motifs is 3. The highest BCUT2D eigenvalue weighted by molar-refractivity contribution is 5.89. The van der Waals surface area contributed by atoms with Crippen LogP contribution in [0.25, 0.3) is 10.9 Å². The van der Waals surface area contributed by atoms with E-state index in [9.17, 15) is 20.1 Å². The summed E-state index contributed by atoms with van der Waals surface area (Å²) in [7, 11) is 0. The highest BCUT2D eigenvalue weighted by Gasteiger charge is 2.51. The van der Waals surface area contributed by atoms with Gasteiger partial charge in [-0.1, -0.05) is 0 Å². The van der Waals surface area contributed by atoms with E-state index in [1.807, 2.05) is 0 Å². The zero-order chi connectivity index (χ0) is 15.5. The minimum atomic E-state index is -1.16. The molecule has 1 aromatic heterocycles. The van der Waals surface area contributed by atoms with Gasteiger partial charge in [0, 0.05) is 17.0 Å². The van der Waals surface area contributed by atoms with Crippen LogP contribution in [0, 0.1) is 0 Å². The van der Waals surface area contributed by atoms with Crippen molar-refractivity contribution >= 4 is 10.9 Å². The molecule has 1 aromatic carbocycles. The molecule has 1 spiro atoms. The molecule has 0 saturated heterocycles. The summed E-state index contributed by atoms with van der Waals surface area (Å²) in [5, 5.41) is 31.5. The zero-order valence-corrected chi connectivity index (χ0v) is 11.9. The molecule has 0 amide bonds. The van der Waals surface area contributed by atoms with Crippen molar-refractivity contribution in [3.63, 3.8) is 0 Å². The van der Waals surface area contributed by atoms with Gasteiger partial charge in [-0.2, -0.15) is 0 Å². The summed E-state index contributed by atoms with van der Waals surface area (Å²) in [4.78, 5) is 14.2. The minimum absolute atomic E-state index is 0.163. The number of hydrogen-bond acceptors (Lipinski definition) is 5. The molecule has 1 fully saturated rings. The quantitative estimate of drug-likeness (QED) is 0.588. The average Bonchev–Trinajstić information content (AvgIpc) is 2.93. The molecule has 0 radical (unpaired) electrons. The highest BCUT2D eigenvalue weighted by Crippen LogP contribution is 2.49. The maximum atomic E-state index is 11.6. The molecule has 2 heterocycles. The largest absolute Gasteiger partial charge is 0.507 e. The topological polar surface area (TPSA) is 103 Å². The van der Waals surface area contributed by atoms with Crippen LogP contribution in [0.3, 0.4) is 0 Å². The second-order valence-electron chi connectivity index (χ2n) is 6.18. The number of aromatic hydroxyl groups is 1. The Labute approximate surface area is 126 Å². The number of H-pyrrole nitrogens is 1. The number of benzene rings is 1. The van der Waals surface area contributed by atoms with Gasteiger partial charge in [0.25, 0.3) is 5.56 Å². The number of pyridine rings is 1. The number of aromatic nitrogens is 1. The zero-order valence-electron chi connectivity index (χ0n) is 11.9. The van der Waals surface area contributed by atoms with Crippen molar-refractivity contribution in [2.45, 2.75) is 43.5 Å². The first kappa shape index (κ1) is 13.6. The van der Waals surface area contributed by atoms with E-state index in [0.717, 1.165) is 18.9 Å². The molecule has 0 bridgehead atoms. The van der Waals surface area contributed by atoms with Gasteiger partial charge < -0.3 is 25.0 Å². The maximum absolute atomic E-state index is 11.6. The fourth-order valence-corrected chi connectivity index (χ4v) is 3.79. The predicted molar refractivity (Wildman–Crippen MR) is 79.0 cm³/mol. The first-order valence-electron chi connectivity index (χ1n) is 7.46. The van der Waals surface area contributed by atoms with Crippen LogP contribution in [-0.2, 0) is 0 Å². The molecule has 22 heavy (non-hydrogen) atoms. The number of hydrogen-bond donors (Lipinski definition) is 4. The number of ether oxygens (including phenoxy) is 1. The first-order valence-corrected chi connectivity index (χ1v) is 7.46. The van der Waals surface area contributed by atoms with Gasteiger partial charge in [-0.05, 0) is 37.8 Å². The van der Waals surface area contributed by atoms with Gasteiger partial charge in [0.2, 0.25) is 0 Å². The third kappa shape index (κ3) is 1.71. The van der Waals surface area contributed by atoms with E-state index >= 15 is 0 Å². The summed E-state index contributed by atoms with van der Waals surface area (Å²) in [6.07, 6.45) is 1.06. The summed E-state index contributed by atoms with van der Waals surface area (Å²) in [6.45, 7) is 0. The molecule has 6 nitrogen and oxygen atoms in total. The van der Waals surface area contributed by atoms with Crippen molar-refractivity contribution in [3.8, 4) is 11.5 Å². The molecule has 4 N–H and O–H groups in total. The maximum Gasteiger partial charge on any atom is 0.252 e. The van der Waals surface area contributed by atoms with Gasteiger partial charge in [0.15, 0.2) is 0 Å². The van der Waals surface area contributed by atoms with E-state index in [1.54, 1.807) is 12.1 Å². The number of rotatable bonds is 0. The average molecular weight is 303 g/mol. The fourth-order valence-electron chi connectivity index (χ4n) is 3.79. The van der Waals surface area contributed by atoms with Crippen molar-refractivity contribution in [1.29, 1.82) is 0 Å². The first-order chi connectivity index (χ1) is 10.5. The van der Waals surface area contributed by atoms with E-state index in [2.05, 4.69) is 4.98 Å². The predicted octanol–water partition coefficient (Wildman–Crippen LogP) is 1.33. The SMILES string of the molecule is O=c1cc(O)c2ccc3c(c2[nH]1)[C@@H](O)[C@@H](O)C1(CCCC1)O3. The lowest BCUT2D eigenvalue weighted by molar-refractivity contribution is -0.125. The Morgan fingerprint density at radius 2 is 1.95 bits per heavy atom. The lowest BCUT2D eigenvalue weighted by Gasteiger charge is -2.42. The lowest BCUT2D eigenvalue weighted by Crippen LogP contribution is -2.51. The molecule has 2 atom stereocenters. The van der Waals surface area contributed by atoms with Gasteiger partial charge in [0.05, 0.1) is 5.52 Å². The molecule has 1 saturated carbocycles. The molecule has 1 aliphatic carbocycles. The highest BCUT2D eigenvalue weighted by atomic mass is 16.5. The Hall–Kier alpha value is -2.05. The lowest BCUT2D eigenvalue weighted by atomic mass is 9.83. The van der Waals surface area contributed by atoms with E-state index in [1.165, 1.54) is 0 Å². The summed E-state index contributed by atoms with van der Waals surface area (Å²) < 4.78 is 6.04. The van der Waals surface area contributed by atoms with Gasteiger partial charge in [-0.25, -0.2) is 0 Å². The molecule has 1 aliphatic heterocycles. The van der Waals surface area contributed by atoms with Crippen LogP contribution in [0.1, 0.15) is 37.4 Å². The monoisotopic (exact) mass is 303 g/mol. The Kier molecular flexibility index (Phi) is 2.76. The van der Waals surface area contributed by atoms with Crippen LogP contribution in [0.2, 0.25) is 0 Å². The van der Waals surface area contributed by atoms with Crippen molar-refractivity contribution in [1.82, 2.24) is 4.98 Å². The van der Waals surface area contributed by atoms with Gasteiger partial charge >= 0.3 is 0 Å². The van der Waals surface area contributed by atoms with E-state index in [-0.39, 0.29) is 5.75 Å². The molecule has 4 rings (SSSR count). The summed E-state index contributed by atoms with van der Waals surface area (Å²) in [5.74, 6) is 0.290. The molecule has 2 aromatic rings. The molecule has 6 heteroatoms. The molecular weight excluding hydrogens is 286 g/mol. The fraction of sp³-hybridized carbons (Fsp3) is 0.438. The van der Waals surface area contributed by atoms with Crippen LogP contribution in [0.4, 0.5) is 0 Å². The van der Waals surface area contributed by atoms with E-state index in [0.29, 0.717) is 35.1 Å². The number of aliphatic hydroxyl groups is 2. The Balaban J connectivity index is 1.98. The van der Waals surface area contributed by atoms with Gasteiger partial charge in [0.1, 0.15) is 29.3 Å². The van der Waals surface area contributed by atoms with Crippen molar-refractivity contribution in [2.75, 3.05) is 0 Å². The normalized spacial score (nSPS) is 26.1. The molecular formula is C16H17NO5. The summed E-state index contributed by atoms with van der Waals surface area (Å²) >= 11 is 0. The summed E-state index contributed by atoms with van der Waals surface area (Å²) in [6, 6.07) is 4.40. The van der Waals surface area contributed by atoms with Crippen molar-refractivity contribution in [3.05, 3.63) is 34.1 Å². The minimum Gasteiger partial charge on any atom is -0.507 e. The van der Waals surface area contributed by atoms with E-state index < -0.39 is 23.4 Å². The van der Waals surface area contributed by atoms with Gasteiger partial charge in [-0.15, -0.1) is 0 Å². The number of nitrogens with one attached hydrogen (secondary N) is 1. The van der Waals surface area contributed by atoms with E-state index in [4.69, 9.17) is 4.74 Å². The third-order valence-corrected chi connectivity index (χ3v) is 4.89. The van der Waals surface area contributed by atoms with Crippen molar-refractivity contribution in [2.24, 2.45) is 0 Å². The van der Waals surface area contributed by atoms with Crippen LogP contribution in [0.15, 0.2) is 23.0 Å². The summed E-state index contributed by atoms with van der Waals surface area (Å²) in [5.41, 5.74) is -0.587. The second-order valence-corrected chi connectivity index (χ2v) is 6.18. The number of aliphatic hydroxyl groups excluding tert-OH is 2. The third-order valence-electron chi connectivity index (χ3n) is 4.89. The number of aromatic amines is 1. The van der Waals surface area contributed by atoms with Crippen LogP contribution in [0.5, 0.6) is 11.5 Å². The molecule has 0 unspecified atom stereocenters. The molecule has 116 valence electrons. The molecule has 2 aliphatic rings. The Morgan fingerprint density at radius 3 is 2.68 bits per heavy atom.